The average Bonchev–Trinajstić information content (AvgIpc) is 0.669. The Kier molecular flexibility index (Phi) is 30.7. The molecule has 4 aromatic rings. The SMILES string of the molecule is CC(=O)O[C@@]12COC1C[C@H](O)[C@@]1(C)C(=O)C(OC(=O)CCOCCOCCOCCOCCOCCOCCOCCOCCSSc3ccccn3)=C3C(C)C(OC(=O)[C@H](O[Si](C)(C)C(C)(C)C)C(NC(=O)c4ccccc4)c4ccccc4)C[C@@](O)([C@@H](OC(=O)c4ccccc4)[C@@H]12)C3(C)C. The molecule has 1 saturated heterocycles. The largest absolute Gasteiger partial charge is 0.460 e. The highest BCUT2D eigenvalue weighted by Gasteiger charge is 2.78. The van der Waals surface area contributed by atoms with Crippen molar-refractivity contribution >= 4 is 65.5 Å². The zero-order valence-corrected chi connectivity index (χ0v) is 62.9. The highest BCUT2D eigenvalue weighted by molar-refractivity contribution is 8.76. The molecular formula is C75H102N2O22S2Si. The fraction of sp³-hybridized carbons (Fsp3) is 0.587. The van der Waals surface area contributed by atoms with Gasteiger partial charge in [-0.05, 0) is 83.4 Å². The number of esters is 4. The van der Waals surface area contributed by atoms with E-state index in [9.17, 15) is 29.4 Å². The fourth-order valence-electron chi connectivity index (χ4n) is 13.2. The second kappa shape index (κ2) is 38.3. The Labute approximate surface area is 607 Å². The van der Waals surface area contributed by atoms with Crippen molar-refractivity contribution in [2.75, 3.05) is 118 Å². The summed E-state index contributed by atoms with van der Waals surface area (Å²) in [5.41, 5.74) is -7.35. The Morgan fingerprint density at radius 3 is 1.71 bits per heavy atom. The molecule has 102 heavy (non-hydrogen) atoms. The lowest BCUT2D eigenvalue weighted by Gasteiger charge is -2.67. The van der Waals surface area contributed by atoms with Gasteiger partial charge in [-0.1, -0.05) is 125 Å². The van der Waals surface area contributed by atoms with Gasteiger partial charge in [-0.3, -0.25) is 19.2 Å². The molecule has 560 valence electrons. The number of benzene rings is 3. The van der Waals surface area contributed by atoms with Gasteiger partial charge < -0.3 is 81.5 Å². The number of ketones is 1. The molecule has 2 bridgehead atoms. The number of ether oxygens (including phenoxy) is 13. The van der Waals surface area contributed by atoms with E-state index in [1.807, 2.05) is 52.1 Å². The summed E-state index contributed by atoms with van der Waals surface area (Å²) in [6, 6.07) is 30.0. The number of hydrogen-bond donors (Lipinski definition) is 3. The zero-order chi connectivity index (χ0) is 73.6. The van der Waals surface area contributed by atoms with Crippen molar-refractivity contribution in [3.05, 3.63) is 143 Å². The third-order valence-electron chi connectivity index (χ3n) is 19.8. The Morgan fingerprint density at radius 2 is 1.21 bits per heavy atom. The number of amides is 1. The molecule has 1 aliphatic heterocycles. The second-order valence-electron chi connectivity index (χ2n) is 27.9. The van der Waals surface area contributed by atoms with Crippen LogP contribution in [-0.2, 0) is 85.2 Å². The van der Waals surface area contributed by atoms with Crippen LogP contribution in [0.25, 0.3) is 0 Å². The second-order valence-corrected chi connectivity index (χ2v) is 35.1. The van der Waals surface area contributed by atoms with Gasteiger partial charge in [-0.2, -0.15) is 0 Å². The molecule has 0 radical (unpaired) electrons. The maximum Gasteiger partial charge on any atom is 0.338 e. The Hall–Kier alpha value is -5.99. The molecule has 8 rings (SSSR count). The first-order valence-electron chi connectivity index (χ1n) is 34.9. The van der Waals surface area contributed by atoms with Crippen LogP contribution in [0.5, 0.6) is 0 Å². The summed E-state index contributed by atoms with van der Waals surface area (Å²) in [4.78, 5) is 93.6. The molecule has 27 heteroatoms. The van der Waals surface area contributed by atoms with Crippen LogP contribution in [0.2, 0.25) is 18.1 Å². The summed E-state index contributed by atoms with van der Waals surface area (Å²) < 4.78 is 84.2. The van der Waals surface area contributed by atoms with Crippen molar-refractivity contribution in [1.82, 2.24) is 10.3 Å². The van der Waals surface area contributed by atoms with Crippen molar-refractivity contribution in [3.8, 4) is 0 Å². The van der Waals surface area contributed by atoms with Crippen molar-refractivity contribution < 1.29 is 105 Å². The summed E-state index contributed by atoms with van der Waals surface area (Å²) >= 11 is 0. The number of Topliss-reactive ketones (excluding diaryl/α,β-unsaturated/α-hetero) is 1. The minimum atomic E-state index is -3.01. The lowest BCUT2D eigenvalue weighted by molar-refractivity contribution is -0.345. The number of rotatable bonds is 41. The molecular weight excluding hydrogens is 1370 g/mol. The van der Waals surface area contributed by atoms with Crippen molar-refractivity contribution in [3.63, 3.8) is 0 Å². The van der Waals surface area contributed by atoms with Crippen LogP contribution >= 0.6 is 21.6 Å². The van der Waals surface area contributed by atoms with Gasteiger partial charge in [0, 0.05) is 48.6 Å². The van der Waals surface area contributed by atoms with Gasteiger partial charge in [0.05, 0.1) is 148 Å². The number of aromatic nitrogens is 1. The first kappa shape index (κ1) is 81.7. The molecule has 11 atom stereocenters. The molecule has 0 spiro atoms. The number of hydrogen-bond acceptors (Lipinski definition) is 25. The summed E-state index contributed by atoms with van der Waals surface area (Å²) in [5, 5.41) is 30.5. The Balaban J connectivity index is 0.914. The third kappa shape index (κ3) is 20.7. The average molecular weight is 1480 g/mol. The van der Waals surface area contributed by atoms with E-state index < -0.39 is 132 Å². The van der Waals surface area contributed by atoms with E-state index >= 15 is 9.59 Å². The van der Waals surface area contributed by atoms with Gasteiger partial charge >= 0.3 is 23.9 Å². The van der Waals surface area contributed by atoms with Gasteiger partial charge in [-0.15, -0.1) is 0 Å². The number of nitrogens with one attached hydrogen (secondary N) is 1. The zero-order valence-electron chi connectivity index (χ0n) is 60.3. The first-order valence-corrected chi connectivity index (χ1v) is 40.1. The number of carbonyl (C=O) groups excluding carboxylic acids is 6. The van der Waals surface area contributed by atoms with Crippen molar-refractivity contribution in [2.24, 2.45) is 22.7 Å². The van der Waals surface area contributed by atoms with Crippen LogP contribution in [0, 0.1) is 22.7 Å². The molecule has 3 aromatic carbocycles. The molecule has 1 aromatic heterocycles. The maximum atomic E-state index is 16.4. The number of carbonyl (C=O) groups is 6. The van der Waals surface area contributed by atoms with Crippen molar-refractivity contribution in [1.29, 1.82) is 0 Å². The minimum Gasteiger partial charge on any atom is -0.460 e. The van der Waals surface area contributed by atoms with Gasteiger partial charge in [0.25, 0.3) is 5.91 Å². The Bertz CT molecular complexity index is 3370. The molecule has 4 aliphatic rings. The Morgan fingerprint density at radius 1 is 0.696 bits per heavy atom. The predicted octanol–water partition coefficient (Wildman–Crippen LogP) is 9.31. The van der Waals surface area contributed by atoms with Crippen LogP contribution in [0.4, 0.5) is 0 Å². The first-order chi connectivity index (χ1) is 48.8. The molecule has 24 nitrogen and oxygen atoms in total. The molecule has 3 aliphatic carbocycles. The molecule has 3 N–H and O–H groups in total. The number of aliphatic hydroxyl groups excluding tert-OH is 1. The predicted molar refractivity (Wildman–Crippen MR) is 382 cm³/mol. The van der Waals surface area contributed by atoms with Gasteiger partial charge in [0.1, 0.15) is 28.9 Å². The van der Waals surface area contributed by atoms with E-state index in [1.165, 1.54) is 26.0 Å². The lowest BCUT2D eigenvalue weighted by atomic mass is 9.45. The molecule has 2 heterocycles. The van der Waals surface area contributed by atoms with Crippen LogP contribution in [0.1, 0.15) is 107 Å². The van der Waals surface area contributed by atoms with Crippen LogP contribution in [0.3, 0.4) is 0 Å². The van der Waals surface area contributed by atoms with Crippen LogP contribution in [0.15, 0.2) is 132 Å². The minimum absolute atomic E-state index is 0.00347. The number of nitrogens with zero attached hydrogens (tertiary/aromatic N) is 1. The van der Waals surface area contributed by atoms with E-state index in [1.54, 1.807) is 127 Å². The van der Waals surface area contributed by atoms with E-state index in [2.05, 4.69) is 10.3 Å². The van der Waals surface area contributed by atoms with Crippen LogP contribution < -0.4 is 5.32 Å². The molecule has 1 amide bonds. The number of pyridine rings is 1. The maximum absolute atomic E-state index is 16.4. The van der Waals surface area contributed by atoms with E-state index in [0.717, 1.165) is 10.8 Å². The molecule has 4 unspecified atom stereocenters. The molecule has 2 saturated carbocycles. The van der Waals surface area contributed by atoms with Gasteiger partial charge in [-0.25, -0.2) is 14.6 Å². The quantitative estimate of drug-likeness (QED) is 0.0122. The third-order valence-corrected chi connectivity index (χ3v) is 26.5. The fourth-order valence-corrected chi connectivity index (χ4v) is 16.2. The summed E-state index contributed by atoms with van der Waals surface area (Å²) in [6.07, 6.45) is -6.98. The lowest BCUT2D eigenvalue weighted by Crippen LogP contribution is -2.81. The van der Waals surface area contributed by atoms with E-state index in [-0.39, 0.29) is 63.6 Å². The van der Waals surface area contributed by atoms with E-state index in [0.29, 0.717) is 83.8 Å². The highest BCUT2D eigenvalue weighted by atomic mass is 33.1. The van der Waals surface area contributed by atoms with Gasteiger partial charge in [0.2, 0.25) is 5.78 Å². The number of allylic oxidation sites excluding steroid dienone is 1. The smallest absolute Gasteiger partial charge is 0.338 e. The number of aliphatic hydroxyl groups is 2. The monoisotopic (exact) mass is 1470 g/mol. The summed E-state index contributed by atoms with van der Waals surface area (Å²) in [7, 11) is 0.321. The number of fused-ring (bicyclic) bond motifs is 5. The topological polar surface area (TPSA) is 297 Å². The highest BCUT2D eigenvalue weighted by Crippen LogP contribution is 2.65. The summed E-state index contributed by atoms with van der Waals surface area (Å²) in [5.74, 6) is -7.49. The van der Waals surface area contributed by atoms with Crippen LogP contribution in [-0.4, -0.2) is 219 Å². The van der Waals surface area contributed by atoms with Gasteiger partial charge in [0.15, 0.2) is 25.8 Å². The standard InChI is InChI=1S/C75H102N2O22S2Si/c1-51-56(95-70(84)64(99-102(9,10)71(3,4)5)62(53-22-14-11-15-23-53)77-68(82)54-24-16-12-17-25-54)49-75(85)67(97-69(83)55-26-18-13-19-27-55)65-73(8,57(79)48-58-74(65,50-94-58)98-52(2)78)66(81)63(61(51)72(75,6)7)96-60(80)29-31-86-32-33-87-34-35-88-36-37-89-38-39-90-40-41-91-42-43-92-44-45-93-46-47-100-101-59-28-20-21-30-76-59/h11-28,30,51,56-58,62,64-65,67,79,85H,29,31-50H2,1-10H3,(H,77,82)/t51?,56?,57-,58?,62?,64+,65-,67-,73+,74-,75+/m0/s1. The van der Waals surface area contributed by atoms with E-state index in [4.69, 9.17) is 66.0 Å². The molecule has 3 fully saturated rings. The van der Waals surface area contributed by atoms with Crippen molar-refractivity contribution in [2.45, 2.75) is 146 Å². The normalized spacial score (nSPS) is 24.4. The summed E-state index contributed by atoms with van der Waals surface area (Å²) in [6.45, 7) is 22.5.